The van der Waals surface area contributed by atoms with Gasteiger partial charge in [-0.2, -0.15) is 18.4 Å². The number of halogens is 7. The molecule has 0 radical (unpaired) electrons. The smallest absolute Gasteiger partial charge is 0.416 e. The quantitative estimate of drug-likeness (QED) is 0.157. The fraction of sp³-hybridized carbons (Fsp3) is 0.0833. The Bertz CT molecular complexity index is 1330. The van der Waals surface area contributed by atoms with Gasteiger partial charge in [-0.15, -0.1) is 0 Å². The van der Waals surface area contributed by atoms with Crippen molar-refractivity contribution in [1.29, 1.82) is 5.26 Å². The molecular weight excluding hydrogens is 730 g/mol. The van der Waals surface area contributed by atoms with Gasteiger partial charge in [-0.1, -0.05) is 35.3 Å². The van der Waals surface area contributed by atoms with Crippen molar-refractivity contribution < 1.29 is 22.7 Å². The average Bonchev–Trinajstić information content (AvgIpc) is 2.77. The van der Waals surface area contributed by atoms with E-state index in [2.05, 4.69) is 50.5 Å². The summed E-state index contributed by atoms with van der Waals surface area (Å²) in [6, 6.07) is 14.5. The van der Waals surface area contributed by atoms with E-state index in [1.54, 1.807) is 36.4 Å². The van der Waals surface area contributed by atoms with E-state index < -0.39 is 17.6 Å². The maximum absolute atomic E-state index is 12.9. The first-order valence-corrected chi connectivity index (χ1v) is 12.6. The molecule has 3 aromatic rings. The van der Waals surface area contributed by atoms with Gasteiger partial charge in [0.25, 0.3) is 5.91 Å². The fourth-order valence-corrected chi connectivity index (χ4v) is 5.47. The van der Waals surface area contributed by atoms with Crippen LogP contribution in [0.25, 0.3) is 6.08 Å². The van der Waals surface area contributed by atoms with Crippen LogP contribution in [0.2, 0.25) is 10.0 Å². The van der Waals surface area contributed by atoms with Gasteiger partial charge < -0.3 is 10.1 Å². The Kier molecular flexibility index (Phi) is 9.31. The van der Waals surface area contributed by atoms with Crippen molar-refractivity contribution in [3.05, 3.63) is 94.0 Å². The molecule has 0 fully saturated rings. The van der Waals surface area contributed by atoms with Crippen molar-refractivity contribution in [3.8, 4) is 11.8 Å². The summed E-state index contributed by atoms with van der Waals surface area (Å²) < 4.78 is 46.1. The van der Waals surface area contributed by atoms with Gasteiger partial charge in [-0.25, -0.2) is 0 Å². The van der Waals surface area contributed by atoms with Crippen LogP contribution in [0.3, 0.4) is 0 Å². The van der Waals surface area contributed by atoms with Crippen molar-refractivity contribution in [2.24, 2.45) is 0 Å². The topological polar surface area (TPSA) is 62.1 Å². The lowest BCUT2D eigenvalue weighted by Gasteiger charge is -2.13. The molecular formula is C24H13Cl2F3I2N2O2. The highest BCUT2D eigenvalue weighted by atomic mass is 127. The molecule has 11 heteroatoms. The maximum Gasteiger partial charge on any atom is 0.416 e. The van der Waals surface area contributed by atoms with Crippen molar-refractivity contribution >= 4 is 86.1 Å². The van der Waals surface area contributed by atoms with Gasteiger partial charge in [0.2, 0.25) is 0 Å². The van der Waals surface area contributed by atoms with E-state index in [4.69, 9.17) is 27.9 Å². The Hall–Kier alpha value is -2.01. The number of hydrogen-bond donors (Lipinski definition) is 1. The van der Waals surface area contributed by atoms with E-state index >= 15 is 0 Å². The minimum Gasteiger partial charge on any atom is -0.487 e. The number of nitrogens with one attached hydrogen (secondary N) is 1. The minimum atomic E-state index is -4.55. The van der Waals surface area contributed by atoms with Gasteiger partial charge in [-0.05, 0) is 99.3 Å². The summed E-state index contributed by atoms with van der Waals surface area (Å²) in [6.07, 6.45) is -3.20. The summed E-state index contributed by atoms with van der Waals surface area (Å²) in [6.45, 7) is 0.208. The highest BCUT2D eigenvalue weighted by Gasteiger charge is 2.30. The Morgan fingerprint density at radius 2 is 1.77 bits per heavy atom. The van der Waals surface area contributed by atoms with Crippen LogP contribution in [0.4, 0.5) is 18.9 Å². The van der Waals surface area contributed by atoms with Crippen molar-refractivity contribution in [2.75, 3.05) is 5.32 Å². The van der Waals surface area contributed by atoms with E-state index in [-0.39, 0.29) is 17.9 Å². The van der Waals surface area contributed by atoms with Crippen LogP contribution in [0.15, 0.2) is 60.2 Å². The molecule has 0 aliphatic rings. The van der Waals surface area contributed by atoms with E-state index in [1.165, 1.54) is 18.2 Å². The summed E-state index contributed by atoms with van der Waals surface area (Å²) in [7, 11) is 0. The number of amides is 1. The van der Waals surface area contributed by atoms with Crippen LogP contribution in [-0.4, -0.2) is 5.91 Å². The number of ether oxygens (including phenoxy) is 1. The van der Waals surface area contributed by atoms with Gasteiger partial charge in [0, 0.05) is 21.3 Å². The number of carbonyl (C=O) groups excluding carboxylic acids is 1. The van der Waals surface area contributed by atoms with E-state index in [1.807, 2.05) is 0 Å². The molecule has 0 atom stereocenters. The first-order valence-electron chi connectivity index (χ1n) is 9.64. The van der Waals surface area contributed by atoms with Crippen LogP contribution in [0.5, 0.6) is 5.75 Å². The van der Waals surface area contributed by atoms with Crippen LogP contribution < -0.4 is 10.1 Å². The van der Waals surface area contributed by atoms with E-state index in [9.17, 15) is 23.2 Å². The van der Waals surface area contributed by atoms with Crippen LogP contribution in [0.1, 0.15) is 16.7 Å². The zero-order chi connectivity index (χ0) is 25.8. The summed E-state index contributed by atoms with van der Waals surface area (Å²) in [5, 5.41) is 12.8. The number of nitrogens with zero attached hydrogens (tertiary/aromatic N) is 1. The van der Waals surface area contributed by atoms with E-state index in [0.29, 0.717) is 21.4 Å². The largest absolute Gasteiger partial charge is 0.487 e. The highest BCUT2D eigenvalue weighted by Crippen LogP contribution is 2.32. The van der Waals surface area contributed by atoms with Crippen molar-refractivity contribution in [1.82, 2.24) is 0 Å². The molecule has 0 aliphatic heterocycles. The monoisotopic (exact) mass is 742 g/mol. The number of rotatable bonds is 6. The lowest BCUT2D eigenvalue weighted by molar-refractivity contribution is -0.137. The van der Waals surface area contributed by atoms with Crippen LogP contribution in [0, 0.1) is 18.5 Å². The first-order chi connectivity index (χ1) is 16.5. The van der Waals surface area contributed by atoms with Gasteiger partial charge in [0.1, 0.15) is 24.0 Å². The summed E-state index contributed by atoms with van der Waals surface area (Å²) >= 11 is 16.3. The summed E-state index contributed by atoms with van der Waals surface area (Å²) in [4.78, 5) is 12.5. The molecule has 0 spiro atoms. The van der Waals surface area contributed by atoms with Crippen molar-refractivity contribution in [3.63, 3.8) is 0 Å². The first kappa shape index (κ1) is 27.6. The Morgan fingerprint density at radius 1 is 1.09 bits per heavy atom. The van der Waals surface area contributed by atoms with Gasteiger partial charge in [0.05, 0.1) is 12.7 Å². The molecule has 0 heterocycles. The molecule has 0 saturated carbocycles. The number of anilines is 1. The number of alkyl halides is 3. The molecule has 3 rings (SSSR count). The molecule has 0 aromatic heterocycles. The molecule has 3 aromatic carbocycles. The molecule has 0 aliphatic carbocycles. The molecule has 1 N–H and O–H groups in total. The third kappa shape index (κ3) is 7.49. The summed E-state index contributed by atoms with van der Waals surface area (Å²) in [5.74, 6) is -0.226. The molecule has 0 saturated heterocycles. The number of carbonyl (C=O) groups is 1. The maximum atomic E-state index is 12.9. The molecule has 0 bridgehead atoms. The Balaban J connectivity index is 1.78. The highest BCUT2D eigenvalue weighted by molar-refractivity contribution is 14.1. The van der Waals surface area contributed by atoms with Gasteiger partial charge in [0.15, 0.2) is 0 Å². The number of nitriles is 1. The second-order valence-electron chi connectivity index (χ2n) is 7.04. The minimum absolute atomic E-state index is 0.0697. The second kappa shape index (κ2) is 11.8. The summed E-state index contributed by atoms with van der Waals surface area (Å²) in [5.41, 5.74) is 0.0591. The molecule has 35 heavy (non-hydrogen) atoms. The van der Waals surface area contributed by atoms with E-state index in [0.717, 1.165) is 24.8 Å². The van der Waals surface area contributed by atoms with Crippen molar-refractivity contribution in [2.45, 2.75) is 12.8 Å². The fourth-order valence-electron chi connectivity index (χ4n) is 2.88. The molecule has 0 unspecified atom stereocenters. The van der Waals surface area contributed by atoms with Crippen LogP contribution in [-0.2, 0) is 17.6 Å². The lowest BCUT2D eigenvalue weighted by atomic mass is 10.1. The third-order valence-electron chi connectivity index (χ3n) is 4.53. The average molecular weight is 743 g/mol. The molecule has 180 valence electrons. The normalized spacial score (nSPS) is 11.7. The number of hydrogen-bond acceptors (Lipinski definition) is 3. The lowest BCUT2D eigenvalue weighted by Crippen LogP contribution is -2.14. The van der Waals surface area contributed by atoms with Gasteiger partial charge in [-0.3, -0.25) is 4.79 Å². The molecule has 4 nitrogen and oxygen atoms in total. The third-order valence-corrected chi connectivity index (χ3v) is 6.72. The number of benzene rings is 3. The predicted molar refractivity (Wildman–Crippen MR) is 146 cm³/mol. The second-order valence-corrected chi connectivity index (χ2v) is 10.2. The van der Waals surface area contributed by atoms with Crippen LogP contribution >= 0.6 is 68.4 Å². The zero-order valence-electron chi connectivity index (χ0n) is 17.4. The molecule has 1 amide bonds. The zero-order valence-corrected chi connectivity index (χ0v) is 23.2. The van der Waals surface area contributed by atoms with Gasteiger partial charge >= 0.3 is 6.18 Å². The standard InChI is InChI=1S/C24H13Cl2F3I2N2O2/c25-17-5-4-14(19(26)10-17)12-35-22-20(30)7-13(8-21(22)31)6-15(11-32)23(34)33-18-3-1-2-16(9-18)24(27,28)29/h1-10H,12H2,(H,33,34)/b15-6-. The Labute approximate surface area is 236 Å². The Morgan fingerprint density at radius 3 is 2.37 bits per heavy atom. The predicted octanol–water partition coefficient (Wildman–Crippen LogP) is 8.35. The SMILES string of the molecule is N#C/C(=C/c1cc(I)c(OCc2ccc(Cl)cc2Cl)c(I)c1)C(=O)Nc1cccc(C(F)(F)F)c1.